The van der Waals surface area contributed by atoms with Crippen LogP contribution in [0.15, 0.2) is 24.3 Å². The third kappa shape index (κ3) is 2.54. The molecular formula is C10H14OS. The van der Waals surface area contributed by atoms with Gasteiger partial charge in [-0.3, -0.25) is 0 Å². The lowest BCUT2D eigenvalue weighted by Crippen LogP contribution is -1.99. The number of rotatable bonds is 3. The summed E-state index contributed by atoms with van der Waals surface area (Å²) < 4.78 is 0. The maximum Gasteiger partial charge on any atom is 0.0880 e. The summed E-state index contributed by atoms with van der Waals surface area (Å²) in [5, 5.41) is 9.62. The van der Waals surface area contributed by atoms with Crippen LogP contribution in [0.1, 0.15) is 17.2 Å². The molecule has 0 aliphatic carbocycles. The van der Waals surface area contributed by atoms with Crippen LogP contribution in [0.3, 0.4) is 0 Å². The molecule has 0 heterocycles. The SMILES string of the molecule is CSCC(O)c1cccc(C)c1. The van der Waals surface area contributed by atoms with Gasteiger partial charge < -0.3 is 5.11 Å². The maximum absolute atomic E-state index is 9.62. The second-order valence-corrected chi connectivity index (χ2v) is 3.80. The molecule has 0 radical (unpaired) electrons. The van der Waals surface area contributed by atoms with Crippen LogP contribution >= 0.6 is 11.8 Å². The van der Waals surface area contributed by atoms with Crippen molar-refractivity contribution in [3.8, 4) is 0 Å². The van der Waals surface area contributed by atoms with Crippen LogP contribution in [0.4, 0.5) is 0 Å². The van der Waals surface area contributed by atoms with Gasteiger partial charge in [-0.15, -0.1) is 0 Å². The molecule has 1 aromatic rings. The zero-order valence-electron chi connectivity index (χ0n) is 7.45. The summed E-state index contributed by atoms with van der Waals surface area (Å²) in [5.41, 5.74) is 2.22. The summed E-state index contributed by atoms with van der Waals surface area (Å²) in [5.74, 6) is 0.767. The maximum atomic E-state index is 9.62. The predicted octanol–water partition coefficient (Wildman–Crippen LogP) is 2.39. The highest BCUT2D eigenvalue weighted by atomic mass is 32.2. The van der Waals surface area contributed by atoms with Crippen LogP contribution in [0.2, 0.25) is 0 Å². The minimum absolute atomic E-state index is 0.320. The number of benzene rings is 1. The van der Waals surface area contributed by atoms with E-state index in [1.54, 1.807) is 11.8 Å². The fraction of sp³-hybridized carbons (Fsp3) is 0.400. The quantitative estimate of drug-likeness (QED) is 0.774. The van der Waals surface area contributed by atoms with Crippen LogP contribution < -0.4 is 0 Å². The van der Waals surface area contributed by atoms with E-state index in [9.17, 15) is 5.11 Å². The first kappa shape index (κ1) is 9.62. The van der Waals surface area contributed by atoms with Crippen molar-refractivity contribution >= 4 is 11.8 Å². The summed E-state index contributed by atoms with van der Waals surface area (Å²) in [6.45, 7) is 2.04. The highest BCUT2D eigenvalue weighted by Gasteiger charge is 2.05. The summed E-state index contributed by atoms with van der Waals surface area (Å²) in [4.78, 5) is 0. The van der Waals surface area contributed by atoms with E-state index in [4.69, 9.17) is 0 Å². The average molecular weight is 182 g/mol. The molecule has 1 aromatic carbocycles. The molecular weight excluding hydrogens is 168 g/mol. The lowest BCUT2D eigenvalue weighted by Gasteiger charge is -2.09. The molecule has 0 bridgehead atoms. The molecule has 66 valence electrons. The van der Waals surface area contributed by atoms with Gasteiger partial charge in [-0.25, -0.2) is 0 Å². The summed E-state index contributed by atoms with van der Waals surface area (Å²) in [6, 6.07) is 8.01. The molecule has 0 aromatic heterocycles. The third-order valence-corrected chi connectivity index (χ3v) is 2.40. The number of hydrogen-bond donors (Lipinski definition) is 1. The van der Waals surface area contributed by atoms with Gasteiger partial charge in [0.05, 0.1) is 6.10 Å². The van der Waals surface area contributed by atoms with Crippen LogP contribution in [-0.2, 0) is 0 Å². The van der Waals surface area contributed by atoms with E-state index >= 15 is 0 Å². The van der Waals surface area contributed by atoms with Gasteiger partial charge in [-0.2, -0.15) is 11.8 Å². The minimum atomic E-state index is -0.320. The predicted molar refractivity (Wildman–Crippen MR) is 54.5 cm³/mol. The molecule has 1 rings (SSSR count). The number of hydrogen-bond acceptors (Lipinski definition) is 2. The van der Waals surface area contributed by atoms with E-state index in [2.05, 4.69) is 0 Å². The summed E-state index contributed by atoms with van der Waals surface area (Å²) in [6.07, 6.45) is 1.68. The fourth-order valence-electron chi connectivity index (χ4n) is 1.13. The smallest absolute Gasteiger partial charge is 0.0880 e. The first-order chi connectivity index (χ1) is 5.74. The molecule has 1 atom stereocenters. The molecule has 0 fully saturated rings. The van der Waals surface area contributed by atoms with E-state index < -0.39 is 0 Å². The van der Waals surface area contributed by atoms with Gasteiger partial charge in [-0.05, 0) is 18.7 Å². The Labute approximate surface area is 77.8 Å². The average Bonchev–Trinajstić information content (AvgIpc) is 2.05. The molecule has 1 nitrogen and oxygen atoms in total. The molecule has 0 saturated carbocycles. The number of aliphatic hydroxyl groups excluding tert-OH is 1. The zero-order chi connectivity index (χ0) is 8.97. The molecule has 0 amide bonds. The van der Waals surface area contributed by atoms with E-state index in [1.807, 2.05) is 37.4 Å². The fourth-order valence-corrected chi connectivity index (χ4v) is 1.64. The molecule has 2 heteroatoms. The molecule has 1 unspecified atom stereocenters. The Morgan fingerprint density at radius 3 is 2.83 bits per heavy atom. The Morgan fingerprint density at radius 1 is 1.50 bits per heavy atom. The Kier molecular flexibility index (Phi) is 3.63. The lowest BCUT2D eigenvalue weighted by atomic mass is 10.1. The van der Waals surface area contributed by atoms with Gasteiger partial charge in [0, 0.05) is 5.75 Å². The van der Waals surface area contributed by atoms with Gasteiger partial charge in [0.15, 0.2) is 0 Å². The summed E-state index contributed by atoms with van der Waals surface area (Å²) in [7, 11) is 0. The zero-order valence-corrected chi connectivity index (χ0v) is 8.27. The Hall–Kier alpha value is -0.470. The van der Waals surface area contributed by atoms with Gasteiger partial charge in [-0.1, -0.05) is 29.8 Å². The minimum Gasteiger partial charge on any atom is -0.388 e. The summed E-state index contributed by atoms with van der Waals surface area (Å²) >= 11 is 1.66. The second-order valence-electron chi connectivity index (χ2n) is 2.89. The van der Waals surface area contributed by atoms with Crippen molar-refractivity contribution in [2.24, 2.45) is 0 Å². The van der Waals surface area contributed by atoms with Crippen molar-refractivity contribution in [1.82, 2.24) is 0 Å². The van der Waals surface area contributed by atoms with Crippen LogP contribution in [0.25, 0.3) is 0 Å². The molecule has 12 heavy (non-hydrogen) atoms. The highest BCUT2D eigenvalue weighted by molar-refractivity contribution is 7.98. The first-order valence-electron chi connectivity index (χ1n) is 3.97. The van der Waals surface area contributed by atoms with E-state index in [-0.39, 0.29) is 6.10 Å². The molecule has 0 aliphatic rings. The van der Waals surface area contributed by atoms with Gasteiger partial charge in [0.2, 0.25) is 0 Å². The van der Waals surface area contributed by atoms with Crippen LogP contribution in [0.5, 0.6) is 0 Å². The largest absolute Gasteiger partial charge is 0.388 e. The Morgan fingerprint density at radius 2 is 2.25 bits per heavy atom. The second kappa shape index (κ2) is 4.53. The first-order valence-corrected chi connectivity index (χ1v) is 5.37. The monoisotopic (exact) mass is 182 g/mol. The van der Waals surface area contributed by atoms with Crippen molar-refractivity contribution < 1.29 is 5.11 Å². The normalized spacial score (nSPS) is 12.9. The van der Waals surface area contributed by atoms with E-state index in [1.165, 1.54) is 5.56 Å². The van der Waals surface area contributed by atoms with Crippen LogP contribution in [-0.4, -0.2) is 17.1 Å². The van der Waals surface area contributed by atoms with Crippen LogP contribution in [0, 0.1) is 6.92 Å². The molecule has 0 aliphatic heterocycles. The Balaban J connectivity index is 2.73. The number of aliphatic hydroxyl groups is 1. The standard InChI is InChI=1S/C10H14OS/c1-8-4-3-5-9(6-8)10(11)7-12-2/h3-6,10-11H,7H2,1-2H3. The lowest BCUT2D eigenvalue weighted by molar-refractivity contribution is 0.204. The van der Waals surface area contributed by atoms with E-state index in [0.29, 0.717) is 0 Å². The molecule has 0 saturated heterocycles. The van der Waals surface area contributed by atoms with Gasteiger partial charge >= 0.3 is 0 Å². The van der Waals surface area contributed by atoms with E-state index in [0.717, 1.165) is 11.3 Å². The topological polar surface area (TPSA) is 20.2 Å². The number of aryl methyl sites for hydroxylation is 1. The number of thioether (sulfide) groups is 1. The van der Waals surface area contributed by atoms with Crippen molar-refractivity contribution in [1.29, 1.82) is 0 Å². The van der Waals surface area contributed by atoms with Gasteiger partial charge in [0.25, 0.3) is 0 Å². The molecule has 1 N–H and O–H groups in total. The highest BCUT2D eigenvalue weighted by Crippen LogP contribution is 2.17. The van der Waals surface area contributed by atoms with Crippen molar-refractivity contribution in [3.05, 3.63) is 35.4 Å². The Bertz CT molecular complexity index is 247. The molecule has 0 spiro atoms. The third-order valence-electron chi connectivity index (χ3n) is 1.75. The van der Waals surface area contributed by atoms with Crippen molar-refractivity contribution in [2.75, 3.05) is 12.0 Å². The van der Waals surface area contributed by atoms with Crippen molar-refractivity contribution in [3.63, 3.8) is 0 Å². The van der Waals surface area contributed by atoms with Crippen molar-refractivity contribution in [2.45, 2.75) is 13.0 Å². The van der Waals surface area contributed by atoms with Gasteiger partial charge in [0.1, 0.15) is 0 Å².